The van der Waals surface area contributed by atoms with Crippen LogP contribution in [-0.2, 0) is 6.42 Å². The van der Waals surface area contributed by atoms with Gasteiger partial charge in [-0.25, -0.2) is 9.78 Å². The summed E-state index contributed by atoms with van der Waals surface area (Å²) in [6.45, 7) is 1.53. The van der Waals surface area contributed by atoms with E-state index in [1.807, 2.05) is 24.3 Å². The Balaban J connectivity index is 1.31. The minimum Gasteiger partial charge on any atom is -0.495 e. The molecule has 0 spiro atoms. The number of ether oxygens (including phenoxy) is 1. The molecule has 1 aromatic carbocycles. The van der Waals surface area contributed by atoms with Gasteiger partial charge in [0.15, 0.2) is 11.0 Å². The molecule has 184 valence electrons. The van der Waals surface area contributed by atoms with Crippen molar-refractivity contribution in [1.29, 1.82) is 0 Å². The Kier molecular flexibility index (Phi) is 7.15. The monoisotopic (exact) mass is 506 g/mol. The van der Waals surface area contributed by atoms with E-state index in [0.29, 0.717) is 10.9 Å². The van der Waals surface area contributed by atoms with Gasteiger partial charge in [0.05, 0.1) is 29.9 Å². The van der Waals surface area contributed by atoms with E-state index in [2.05, 4.69) is 30.7 Å². The predicted octanol–water partition coefficient (Wildman–Crippen LogP) is 5.17. The lowest BCUT2D eigenvalue weighted by atomic mass is 10.1. The maximum absolute atomic E-state index is 12.5. The molecular weight excluding hydrogens is 485 g/mol. The number of pyridine rings is 1. The molecule has 0 saturated carbocycles. The van der Waals surface area contributed by atoms with Gasteiger partial charge in [-0.2, -0.15) is 18.2 Å². The average Bonchev–Trinajstić information content (AvgIpc) is 3.44. The van der Waals surface area contributed by atoms with Crippen LogP contribution in [0.15, 0.2) is 41.2 Å². The fourth-order valence-electron chi connectivity index (χ4n) is 3.28. The number of aromatic nitrogens is 4. The molecule has 0 bridgehead atoms. The van der Waals surface area contributed by atoms with Crippen LogP contribution in [0.25, 0.3) is 21.3 Å². The van der Waals surface area contributed by atoms with Crippen molar-refractivity contribution in [3.8, 4) is 16.9 Å². The molecule has 0 aliphatic carbocycles. The summed E-state index contributed by atoms with van der Waals surface area (Å²) < 4.78 is 48.5. The van der Waals surface area contributed by atoms with Crippen LogP contribution in [0.1, 0.15) is 31.0 Å². The van der Waals surface area contributed by atoms with Crippen molar-refractivity contribution in [3.05, 3.63) is 48.4 Å². The van der Waals surface area contributed by atoms with Crippen LogP contribution in [0, 0.1) is 0 Å². The quantitative estimate of drug-likeness (QED) is 0.339. The maximum Gasteiger partial charge on any atom is 0.389 e. The summed E-state index contributed by atoms with van der Waals surface area (Å²) >= 11 is 1.32. The van der Waals surface area contributed by atoms with Gasteiger partial charge < -0.3 is 14.6 Å². The molecule has 9 nitrogen and oxygen atoms in total. The molecule has 2 amide bonds. The molecule has 0 radical (unpaired) electrons. The van der Waals surface area contributed by atoms with Gasteiger partial charge >= 0.3 is 12.2 Å². The highest BCUT2D eigenvalue weighted by atomic mass is 32.1. The van der Waals surface area contributed by atoms with E-state index < -0.39 is 24.5 Å². The van der Waals surface area contributed by atoms with Crippen molar-refractivity contribution in [2.24, 2.45) is 0 Å². The summed E-state index contributed by atoms with van der Waals surface area (Å²) in [5, 5.41) is 9.41. The van der Waals surface area contributed by atoms with E-state index in [0.717, 1.165) is 21.3 Å². The minimum atomic E-state index is -4.32. The molecule has 4 rings (SSSR count). The number of carbonyl (C=O) groups is 1. The summed E-state index contributed by atoms with van der Waals surface area (Å²) in [5.41, 5.74) is 2.56. The van der Waals surface area contributed by atoms with E-state index in [1.54, 1.807) is 19.5 Å². The minimum absolute atomic E-state index is 0.0830. The van der Waals surface area contributed by atoms with Crippen LogP contribution in [-0.4, -0.2) is 46.0 Å². The molecule has 3 aromatic heterocycles. The summed E-state index contributed by atoms with van der Waals surface area (Å²) in [7, 11) is 1.58. The van der Waals surface area contributed by atoms with Gasteiger partial charge in [-0.3, -0.25) is 10.3 Å². The number of methoxy groups -OCH3 is 1. The van der Waals surface area contributed by atoms with E-state index in [4.69, 9.17) is 9.26 Å². The van der Waals surface area contributed by atoms with Crippen LogP contribution in [0.3, 0.4) is 0 Å². The number of thiazole rings is 1. The topological polar surface area (TPSA) is 115 Å². The molecule has 1 unspecified atom stereocenters. The Labute approximate surface area is 201 Å². The lowest BCUT2D eigenvalue weighted by molar-refractivity contribution is -0.139. The van der Waals surface area contributed by atoms with E-state index in [1.165, 1.54) is 18.3 Å². The number of fused-ring (bicyclic) bond motifs is 1. The third kappa shape index (κ3) is 6.44. The normalized spacial score (nSPS) is 12.5. The van der Waals surface area contributed by atoms with Crippen LogP contribution in [0.5, 0.6) is 5.75 Å². The largest absolute Gasteiger partial charge is 0.495 e. The van der Waals surface area contributed by atoms with Gasteiger partial charge in [-0.1, -0.05) is 29.5 Å². The Morgan fingerprint density at radius 3 is 2.80 bits per heavy atom. The van der Waals surface area contributed by atoms with Crippen LogP contribution in [0.2, 0.25) is 0 Å². The molecule has 0 fully saturated rings. The molecule has 4 aromatic rings. The van der Waals surface area contributed by atoms with Crippen LogP contribution < -0.4 is 15.4 Å². The second-order valence-corrected chi connectivity index (χ2v) is 8.75. The third-order valence-corrected chi connectivity index (χ3v) is 5.90. The lowest BCUT2D eigenvalue weighted by Gasteiger charge is -2.09. The van der Waals surface area contributed by atoms with Crippen molar-refractivity contribution in [2.45, 2.75) is 31.9 Å². The number of rotatable bonds is 8. The molecule has 0 saturated heterocycles. The SMILES string of the molecule is COc1cncc(-c2ccc3nc(NC(=O)NCCc4noc(C(C)CC(F)(F)F)n4)sc3c2)c1. The number of hydrogen-bond donors (Lipinski definition) is 2. The first-order valence-corrected chi connectivity index (χ1v) is 11.4. The summed E-state index contributed by atoms with van der Waals surface area (Å²) in [4.78, 5) is 24.8. The number of anilines is 1. The summed E-state index contributed by atoms with van der Waals surface area (Å²) in [5.74, 6) is -0.153. The molecule has 35 heavy (non-hydrogen) atoms. The average molecular weight is 507 g/mol. The van der Waals surface area contributed by atoms with E-state index >= 15 is 0 Å². The van der Waals surface area contributed by atoms with Gasteiger partial charge in [0.1, 0.15) is 5.75 Å². The summed E-state index contributed by atoms with van der Waals surface area (Å²) in [6, 6.07) is 7.13. The second-order valence-electron chi connectivity index (χ2n) is 7.72. The molecular formula is C22H21F3N6O3S. The zero-order valence-corrected chi connectivity index (χ0v) is 19.5. The van der Waals surface area contributed by atoms with Gasteiger partial charge in [0.2, 0.25) is 5.89 Å². The number of benzene rings is 1. The van der Waals surface area contributed by atoms with Crippen LogP contribution in [0.4, 0.5) is 23.1 Å². The van der Waals surface area contributed by atoms with Crippen molar-refractivity contribution in [1.82, 2.24) is 25.4 Å². The molecule has 13 heteroatoms. The summed E-state index contributed by atoms with van der Waals surface area (Å²) in [6.07, 6.45) is -1.80. The maximum atomic E-state index is 12.5. The first-order valence-electron chi connectivity index (χ1n) is 10.5. The first kappa shape index (κ1) is 24.4. The number of hydrogen-bond acceptors (Lipinski definition) is 8. The first-order chi connectivity index (χ1) is 16.7. The number of carbonyl (C=O) groups excluding carboxylic acids is 1. The van der Waals surface area contributed by atoms with Gasteiger partial charge in [0.25, 0.3) is 0 Å². The highest BCUT2D eigenvalue weighted by Crippen LogP contribution is 2.32. The zero-order valence-electron chi connectivity index (χ0n) is 18.7. The van der Waals surface area contributed by atoms with Crippen molar-refractivity contribution >= 4 is 32.7 Å². The van der Waals surface area contributed by atoms with Crippen LogP contribution >= 0.6 is 11.3 Å². The fraction of sp³-hybridized carbons (Fsp3) is 0.318. The van der Waals surface area contributed by atoms with Crippen molar-refractivity contribution in [3.63, 3.8) is 0 Å². The van der Waals surface area contributed by atoms with Crippen molar-refractivity contribution in [2.75, 3.05) is 19.0 Å². The van der Waals surface area contributed by atoms with Crippen molar-refractivity contribution < 1.29 is 27.2 Å². The van der Waals surface area contributed by atoms with Gasteiger partial charge in [-0.05, 0) is 23.8 Å². The smallest absolute Gasteiger partial charge is 0.389 e. The fourth-order valence-corrected chi connectivity index (χ4v) is 4.18. The lowest BCUT2D eigenvalue weighted by Crippen LogP contribution is -2.30. The molecule has 1 atom stereocenters. The molecule has 0 aliphatic rings. The van der Waals surface area contributed by atoms with E-state index in [-0.39, 0.29) is 24.7 Å². The zero-order chi connectivity index (χ0) is 25.0. The van der Waals surface area contributed by atoms with Gasteiger partial charge in [-0.15, -0.1) is 0 Å². The molecule has 0 aliphatic heterocycles. The molecule has 3 heterocycles. The Morgan fingerprint density at radius 2 is 2.03 bits per heavy atom. The number of nitrogens with one attached hydrogen (secondary N) is 2. The Hall–Kier alpha value is -3.74. The predicted molar refractivity (Wildman–Crippen MR) is 124 cm³/mol. The molecule has 2 N–H and O–H groups in total. The Morgan fingerprint density at radius 1 is 1.20 bits per heavy atom. The number of halogens is 3. The highest BCUT2D eigenvalue weighted by Gasteiger charge is 2.32. The number of alkyl halides is 3. The number of amides is 2. The second kappa shape index (κ2) is 10.3. The highest BCUT2D eigenvalue weighted by molar-refractivity contribution is 7.22. The standard InChI is InChI=1S/C22H21F3N6O3S/c1-12(9-22(23,24)25)19-29-18(31-34-19)5-6-27-20(32)30-21-28-16-4-3-13(8-17(16)35-21)14-7-15(33-2)11-26-10-14/h3-4,7-8,10-12H,5-6,9H2,1-2H3,(H2,27,28,30,32). The van der Waals surface area contributed by atoms with Gasteiger partial charge in [0, 0.05) is 30.6 Å². The third-order valence-electron chi connectivity index (χ3n) is 4.97. The number of urea groups is 1. The number of nitrogens with zero attached hydrogens (tertiary/aromatic N) is 4. The van der Waals surface area contributed by atoms with E-state index in [9.17, 15) is 18.0 Å². The Bertz CT molecular complexity index is 1320.